The van der Waals surface area contributed by atoms with Crippen LogP contribution in [0, 0.1) is 0 Å². The summed E-state index contributed by atoms with van der Waals surface area (Å²) in [6.45, 7) is 0. The third-order valence-electron chi connectivity index (χ3n) is 2.98. The number of aromatic nitrogens is 2. The molecule has 2 aromatic rings. The lowest BCUT2D eigenvalue weighted by atomic mass is 10.1. The summed E-state index contributed by atoms with van der Waals surface area (Å²) in [6, 6.07) is 6.29. The van der Waals surface area contributed by atoms with E-state index in [1.807, 2.05) is 0 Å². The Morgan fingerprint density at radius 2 is 1.59 bits per heavy atom. The highest BCUT2D eigenvalue weighted by atomic mass is 16.7. The minimum atomic E-state index is -0.919. The number of hydroxylamine groups is 2. The maximum atomic E-state index is 12.1. The summed E-state index contributed by atoms with van der Waals surface area (Å²) in [7, 11) is 1.38. The van der Waals surface area contributed by atoms with Gasteiger partial charge in [-0.1, -0.05) is 17.2 Å². The molecule has 0 spiro atoms. The van der Waals surface area contributed by atoms with Crippen molar-refractivity contribution in [1.29, 1.82) is 0 Å². The zero-order chi connectivity index (χ0) is 15.7. The van der Waals surface area contributed by atoms with Crippen molar-refractivity contribution in [3.05, 3.63) is 53.3 Å². The van der Waals surface area contributed by atoms with Crippen molar-refractivity contribution in [2.24, 2.45) is 0 Å². The van der Waals surface area contributed by atoms with E-state index in [2.05, 4.69) is 9.97 Å². The molecule has 8 heteroatoms. The van der Waals surface area contributed by atoms with Crippen LogP contribution >= 0.6 is 0 Å². The molecule has 22 heavy (non-hydrogen) atoms. The van der Waals surface area contributed by atoms with Gasteiger partial charge in [0, 0.05) is 12.4 Å². The molecule has 3 rings (SSSR count). The lowest BCUT2D eigenvalue weighted by molar-refractivity contribution is -0.0585. The summed E-state index contributed by atoms with van der Waals surface area (Å²) >= 11 is 0. The van der Waals surface area contributed by atoms with Crippen molar-refractivity contribution in [3.8, 4) is 6.01 Å². The van der Waals surface area contributed by atoms with Gasteiger partial charge in [0.2, 0.25) is 0 Å². The number of hydrogen-bond acceptors (Lipinski definition) is 7. The van der Waals surface area contributed by atoms with E-state index in [4.69, 9.17) is 9.57 Å². The van der Waals surface area contributed by atoms with E-state index in [9.17, 15) is 14.4 Å². The summed E-state index contributed by atoms with van der Waals surface area (Å²) in [6.07, 6.45) is 2.35. The van der Waals surface area contributed by atoms with E-state index in [1.54, 1.807) is 12.1 Å². The molecule has 2 amide bonds. The minimum Gasteiger partial charge on any atom is -0.467 e. The summed E-state index contributed by atoms with van der Waals surface area (Å²) in [5.74, 6) is -2.30. The van der Waals surface area contributed by atoms with Gasteiger partial charge in [0.1, 0.15) is 0 Å². The van der Waals surface area contributed by atoms with Crippen LogP contribution in [0.4, 0.5) is 0 Å². The van der Waals surface area contributed by atoms with Crippen molar-refractivity contribution in [1.82, 2.24) is 15.0 Å². The zero-order valence-corrected chi connectivity index (χ0v) is 11.3. The topological polar surface area (TPSA) is 98.7 Å². The quantitative estimate of drug-likeness (QED) is 0.775. The number of benzene rings is 1. The number of methoxy groups -OCH3 is 1. The lowest BCUT2D eigenvalue weighted by Crippen LogP contribution is -2.32. The smallest absolute Gasteiger partial charge is 0.367 e. The number of amides is 2. The van der Waals surface area contributed by atoms with Crippen LogP contribution in [0.15, 0.2) is 36.7 Å². The van der Waals surface area contributed by atoms with Crippen LogP contribution in [-0.4, -0.2) is 39.9 Å². The van der Waals surface area contributed by atoms with Gasteiger partial charge in [-0.05, 0) is 12.1 Å². The average molecular weight is 299 g/mol. The van der Waals surface area contributed by atoms with Gasteiger partial charge < -0.3 is 9.57 Å². The number of fused-ring (bicyclic) bond motifs is 1. The van der Waals surface area contributed by atoms with Gasteiger partial charge in [-0.3, -0.25) is 9.59 Å². The van der Waals surface area contributed by atoms with Crippen molar-refractivity contribution in [3.63, 3.8) is 0 Å². The second-order valence-corrected chi connectivity index (χ2v) is 4.29. The van der Waals surface area contributed by atoms with Crippen LogP contribution in [0.25, 0.3) is 0 Å². The Morgan fingerprint density at radius 1 is 1.05 bits per heavy atom. The Morgan fingerprint density at radius 3 is 2.09 bits per heavy atom. The van der Waals surface area contributed by atoms with Gasteiger partial charge in [-0.15, -0.1) is 0 Å². The maximum absolute atomic E-state index is 12.1. The highest BCUT2D eigenvalue weighted by molar-refractivity contribution is 6.21. The largest absolute Gasteiger partial charge is 0.467 e. The molecule has 0 bridgehead atoms. The van der Waals surface area contributed by atoms with E-state index < -0.39 is 17.8 Å². The molecule has 2 heterocycles. The SMILES string of the molecule is COc1ncc(C(=O)ON2C(=O)c3ccccc3C2=O)cn1. The van der Waals surface area contributed by atoms with Crippen molar-refractivity contribution >= 4 is 17.8 Å². The fraction of sp³-hybridized carbons (Fsp3) is 0.0714. The van der Waals surface area contributed by atoms with Crippen LogP contribution in [0.2, 0.25) is 0 Å². The van der Waals surface area contributed by atoms with Gasteiger partial charge >= 0.3 is 12.0 Å². The first-order valence-corrected chi connectivity index (χ1v) is 6.18. The Hall–Kier alpha value is -3.29. The van der Waals surface area contributed by atoms with Gasteiger partial charge in [0.25, 0.3) is 11.8 Å². The Balaban J connectivity index is 1.80. The van der Waals surface area contributed by atoms with Crippen molar-refractivity contribution < 1.29 is 24.0 Å². The highest BCUT2D eigenvalue weighted by Gasteiger charge is 2.38. The maximum Gasteiger partial charge on any atom is 0.367 e. The van der Waals surface area contributed by atoms with E-state index in [-0.39, 0.29) is 22.7 Å². The summed E-state index contributed by atoms with van der Waals surface area (Å²) < 4.78 is 4.77. The molecule has 0 saturated carbocycles. The molecule has 1 aromatic carbocycles. The molecule has 8 nitrogen and oxygen atoms in total. The zero-order valence-electron chi connectivity index (χ0n) is 11.3. The molecule has 0 atom stereocenters. The molecule has 0 radical (unpaired) electrons. The monoisotopic (exact) mass is 299 g/mol. The number of carbonyl (C=O) groups is 3. The van der Waals surface area contributed by atoms with Crippen molar-refractivity contribution in [2.75, 3.05) is 7.11 Å². The Bertz CT molecular complexity index is 737. The standard InChI is InChI=1S/C14H9N3O5/c1-21-14-15-6-8(7-16-14)13(20)22-17-11(18)9-4-2-3-5-10(9)12(17)19/h2-7H,1H3. The van der Waals surface area contributed by atoms with Crippen LogP contribution in [0.5, 0.6) is 6.01 Å². The molecule has 1 aromatic heterocycles. The minimum absolute atomic E-state index is 0.0163. The van der Waals surface area contributed by atoms with Crippen LogP contribution in [0.1, 0.15) is 31.1 Å². The van der Waals surface area contributed by atoms with E-state index >= 15 is 0 Å². The van der Waals surface area contributed by atoms with Gasteiger partial charge in [0.15, 0.2) is 0 Å². The molecule has 110 valence electrons. The molecule has 1 aliphatic rings. The van der Waals surface area contributed by atoms with Crippen LogP contribution < -0.4 is 4.74 Å². The number of ether oxygens (including phenoxy) is 1. The van der Waals surface area contributed by atoms with E-state index in [1.165, 1.54) is 31.6 Å². The third-order valence-corrected chi connectivity index (χ3v) is 2.98. The predicted octanol–water partition coefficient (Wildman–Crippen LogP) is 0.853. The fourth-order valence-corrected chi connectivity index (χ4v) is 1.91. The number of rotatable bonds is 3. The highest BCUT2D eigenvalue weighted by Crippen LogP contribution is 2.23. The second-order valence-electron chi connectivity index (χ2n) is 4.29. The normalized spacial score (nSPS) is 13.0. The second kappa shape index (κ2) is 5.24. The fourth-order valence-electron chi connectivity index (χ4n) is 1.91. The first kappa shape index (κ1) is 13.7. The Kier molecular flexibility index (Phi) is 3.26. The first-order valence-electron chi connectivity index (χ1n) is 6.18. The van der Waals surface area contributed by atoms with Crippen LogP contribution in [0.3, 0.4) is 0 Å². The molecule has 0 fully saturated rings. The van der Waals surface area contributed by atoms with Gasteiger partial charge in [-0.2, -0.15) is 0 Å². The lowest BCUT2D eigenvalue weighted by Gasteiger charge is -2.12. The van der Waals surface area contributed by atoms with Crippen molar-refractivity contribution in [2.45, 2.75) is 0 Å². The van der Waals surface area contributed by atoms with Gasteiger partial charge in [-0.25, -0.2) is 14.8 Å². The van der Waals surface area contributed by atoms with E-state index in [0.29, 0.717) is 5.06 Å². The number of nitrogens with zero attached hydrogens (tertiary/aromatic N) is 3. The van der Waals surface area contributed by atoms with Gasteiger partial charge in [0.05, 0.1) is 23.8 Å². The number of hydrogen-bond donors (Lipinski definition) is 0. The number of imide groups is 1. The summed E-state index contributed by atoms with van der Waals surface area (Å²) in [5.41, 5.74) is 0.356. The average Bonchev–Trinajstić information content (AvgIpc) is 2.80. The molecular formula is C14H9N3O5. The number of carbonyl (C=O) groups excluding carboxylic acids is 3. The molecule has 1 aliphatic heterocycles. The molecule has 0 saturated heterocycles. The predicted molar refractivity (Wildman–Crippen MR) is 70.9 cm³/mol. The molecule has 0 aliphatic carbocycles. The van der Waals surface area contributed by atoms with E-state index in [0.717, 1.165) is 0 Å². The molecule has 0 N–H and O–H groups in total. The van der Waals surface area contributed by atoms with Crippen LogP contribution in [-0.2, 0) is 4.84 Å². The molecular weight excluding hydrogens is 290 g/mol. The first-order chi connectivity index (χ1) is 10.6. The summed E-state index contributed by atoms with van der Waals surface area (Å²) in [5, 5.41) is 0.428. The summed E-state index contributed by atoms with van der Waals surface area (Å²) in [4.78, 5) is 48.4. The Labute approximate surface area is 124 Å². The third kappa shape index (κ3) is 2.16. The molecule has 0 unspecified atom stereocenters.